The third-order valence-corrected chi connectivity index (χ3v) is 3.48. The zero-order valence-corrected chi connectivity index (χ0v) is 9.45. The van der Waals surface area contributed by atoms with Crippen molar-refractivity contribution < 1.29 is 4.79 Å². The van der Waals surface area contributed by atoms with Gasteiger partial charge in [0.05, 0.1) is 17.3 Å². The van der Waals surface area contributed by atoms with Crippen LogP contribution in [0.5, 0.6) is 0 Å². The summed E-state index contributed by atoms with van der Waals surface area (Å²) in [6.07, 6.45) is 1.24. The van der Waals surface area contributed by atoms with Gasteiger partial charge in [-0.3, -0.25) is 4.79 Å². The van der Waals surface area contributed by atoms with Crippen molar-refractivity contribution in [2.45, 2.75) is 19.8 Å². The molecular formula is C13H11N3O. The first-order chi connectivity index (χ1) is 8.12. The average molecular weight is 225 g/mol. The van der Waals surface area contributed by atoms with Gasteiger partial charge in [-0.2, -0.15) is 10.4 Å². The van der Waals surface area contributed by atoms with E-state index in [9.17, 15) is 4.79 Å². The summed E-state index contributed by atoms with van der Waals surface area (Å²) in [6.45, 7) is 2.05. The second kappa shape index (κ2) is 3.17. The molecule has 3 rings (SSSR count). The van der Waals surface area contributed by atoms with Crippen LogP contribution in [0, 0.1) is 16.7 Å². The molecule has 0 radical (unpaired) electrons. The van der Waals surface area contributed by atoms with Crippen molar-refractivity contribution in [3.8, 4) is 6.07 Å². The average Bonchev–Trinajstić information content (AvgIpc) is 2.58. The fraction of sp³-hybridized carbons (Fsp3) is 0.308. The summed E-state index contributed by atoms with van der Waals surface area (Å²) in [6, 6.07) is 7.75. The summed E-state index contributed by atoms with van der Waals surface area (Å²) in [5.41, 5.74) is 6.10. The minimum atomic E-state index is -0.210. The molecule has 1 aromatic carbocycles. The minimum absolute atomic E-state index is 0.0374. The molecule has 2 aliphatic rings. The van der Waals surface area contributed by atoms with Crippen molar-refractivity contribution in [3.05, 3.63) is 34.9 Å². The zero-order valence-electron chi connectivity index (χ0n) is 9.45. The number of hydrogen-bond acceptors (Lipinski definition) is 3. The van der Waals surface area contributed by atoms with Crippen LogP contribution in [0.25, 0.3) is 0 Å². The predicted octanol–water partition coefficient (Wildman–Crippen LogP) is 1.34. The Balaban J connectivity index is 2.14. The van der Waals surface area contributed by atoms with Gasteiger partial charge in [0.15, 0.2) is 0 Å². The van der Waals surface area contributed by atoms with Gasteiger partial charge in [0.1, 0.15) is 0 Å². The minimum Gasteiger partial charge on any atom is -0.273 e. The van der Waals surface area contributed by atoms with Gasteiger partial charge in [-0.05, 0) is 24.1 Å². The summed E-state index contributed by atoms with van der Waals surface area (Å²) in [7, 11) is 0. The summed E-state index contributed by atoms with van der Waals surface area (Å²) < 4.78 is 0. The summed E-state index contributed by atoms with van der Waals surface area (Å²) >= 11 is 0. The predicted molar refractivity (Wildman–Crippen MR) is 62.3 cm³/mol. The highest BCUT2D eigenvalue weighted by Crippen LogP contribution is 2.41. The Bertz CT molecular complexity index is 597. The molecule has 1 aliphatic heterocycles. The number of fused-ring (bicyclic) bond motifs is 3. The standard InChI is InChI=1S/C13H11N3O/c1-13-5-9-4-8(7-14)2-3-10(9)12(13)16-15-11(17)6-13/h2-4H,5-6H2,1H3,(H,15,17). The highest BCUT2D eigenvalue weighted by Gasteiger charge is 2.43. The number of nitrogens with zero attached hydrogens (tertiary/aromatic N) is 2. The molecule has 17 heavy (non-hydrogen) atoms. The lowest BCUT2D eigenvalue weighted by Gasteiger charge is -2.27. The van der Waals surface area contributed by atoms with E-state index >= 15 is 0 Å². The van der Waals surface area contributed by atoms with Crippen LogP contribution in [-0.4, -0.2) is 11.6 Å². The summed E-state index contributed by atoms with van der Waals surface area (Å²) in [5.74, 6) is -0.0374. The number of nitrogens with one attached hydrogen (secondary N) is 1. The quantitative estimate of drug-likeness (QED) is 0.724. The second-order valence-electron chi connectivity index (χ2n) is 4.89. The van der Waals surface area contributed by atoms with Crippen LogP contribution in [-0.2, 0) is 11.2 Å². The molecule has 0 bridgehead atoms. The molecule has 0 spiro atoms. The van der Waals surface area contributed by atoms with Gasteiger partial charge < -0.3 is 0 Å². The van der Waals surface area contributed by atoms with E-state index in [4.69, 9.17) is 5.26 Å². The van der Waals surface area contributed by atoms with E-state index in [0.717, 1.165) is 23.3 Å². The number of amides is 1. The SMILES string of the molecule is CC12CC(=O)NN=C1c1ccc(C#N)cc1C2. The maximum absolute atomic E-state index is 11.4. The smallest absolute Gasteiger partial charge is 0.241 e. The number of hydrogen-bond donors (Lipinski definition) is 1. The van der Waals surface area contributed by atoms with Gasteiger partial charge in [0.25, 0.3) is 0 Å². The number of benzene rings is 1. The van der Waals surface area contributed by atoms with E-state index in [1.807, 2.05) is 12.1 Å². The molecule has 4 nitrogen and oxygen atoms in total. The van der Waals surface area contributed by atoms with E-state index in [1.54, 1.807) is 6.07 Å². The van der Waals surface area contributed by atoms with Crippen molar-refractivity contribution in [1.29, 1.82) is 5.26 Å². The molecule has 4 heteroatoms. The molecule has 84 valence electrons. The first kappa shape index (κ1) is 10.0. The van der Waals surface area contributed by atoms with Crippen molar-refractivity contribution >= 4 is 11.6 Å². The molecule has 0 saturated carbocycles. The summed E-state index contributed by atoms with van der Waals surface area (Å²) in [4.78, 5) is 11.4. The van der Waals surface area contributed by atoms with Crippen LogP contribution in [0.4, 0.5) is 0 Å². The Kier molecular flexibility index (Phi) is 1.87. The molecule has 0 aromatic heterocycles. The Labute approximate surface area is 98.9 Å². The molecular weight excluding hydrogens is 214 g/mol. The van der Waals surface area contributed by atoms with Gasteiger partial charge >= 0.3 is 0 Å². The van der Waals surface area contributed by atoms with Crippen LogP contribution in [0.2, 0.25) is 0 Å². The first-order valence-corrected chi connectivity index (χ1v) is 5.53. The first-order valence-electron chi connectivity index (χ1n) is 5.53. The van der Waals surface area contributed by atoms with Crippen molar-refractivity contribution in [2.75, 3.05) is 0 Å². The largest absolute Gasteiger partial charge is 0.273 e. The maximum atomic E-state index is 11.4. The number of hydrazone groups is 1. The van der Waals surface area contributed by atoms with E-state index in [2.05, 4.69) is 23.5 Å². The number of carbonyl (C=O) groups excluding carboxylic acids is 1. The van der Waals surface area contributed by atoms with Gasteiger partial charge in [0.2, 0.25) is 5.91 Å². The monoisotopic (exact) mass is 225 g/mol. The van der Waals surface area contributed by atoms with Gasteiger partial charge in [-0.15, -0.1) is 0 Å². The van der Waals surface area contributed by atoms with Crippen molar-refractivity contribution in [1.82, 2.24) is 5.43 Å². The fourth-order valence-electron chi connectivity index (χ4n) is 2.72. The third-order valence-electron chi connectivity index (χ3n) is 3.48. The number of nitriles is 1. The molecule has 1 amide bonds. The number of carbonyl (C=O) groups is 1. The highest BCUT2D eigenvalue weighted by atomic mass is 16.2. The van der Waals surface area contributed by atoms with Crippen LogP contribution < -0.4 is 5.43 Å². The molecule has 1 aromatic rings. The molecule has 1 aliphatic carbocycles. The van der Waals surface area contributed by atoms with Gasteiger partial charge in [-0.1, -0.05) is 13.0 Å². The van der Waals surface area contributed by atoms with Crippen LogP contribution in [0.1, 0.15) is 30.0 Å². The van der Waals surface area contributed by atoms with Crippen molar-refractivity contribution in [3.63, 3.8) is 0 Å². The van der Waals surface area contributed by atoms with Crippen LogP contribution in [0.3, 0.4) is 0 Å². The Morgan fingerprint density at radius 3 is 3.06 bits per heavy atom. The zero-order chi connectivity index (χ0) is 12.0. The molecule has 0 fully saturated rings. The normalized spacial score (nSPS) is 25.4. The lowest BCUT2D eigenvalue weighted by atomic mass is 9.81. The highest BCUT2D eigenvalue weighted by molar-refractivity contribution is 6.11. The maximum Gasteiger partial charge on any atom is 0.241 e. The molecule has 1 heterocycles. The molecule has 0 saturated heterocycles. The van der Waals surface area contributed by atoms with E-state index in [-0.39, 0.29) is 11.3 Å². The molecule has 1 unspecified atom stereocenters. The van der Waals surface area contributed by atoms with Gasteiger partial charge in [0, 0.05) is 17.4 Å². The van der Waals surface area contributed by atoms with Gasteiger partial charge in [-0.25, -0.2) is 5.43 Å². The lowest BCUT2D eigenvalue weighted by molar-refractivity contribution is -0.122. The second-order valence-corrected chi connectivity index (χ2v) is 4.89. The van der Waals surface area contributed by atoms with E-state index in [1.165, 1.54) is 0 Å². The Hall–Kier alpha value is -2.15. The molecule has 1 atom stereocenters. The molecule has 1 N–H and O–H groups in total. The Morgan fingerprint density at radius 1 is 1.47 bits per heavy atom. The number of rotatable bonds is 0. The van der Waals surface area contributed by atoms with E-state index < -0.39 is 0 Å². The van der Waals surface area contributed by atoms with E-state index in [0.29, 0.717) is 12.0 Å². The lowest BCUT2D eigenvalue weighted by Crippen LogP contribution is -2.38. The van der Waals surface area contributed by atoms with Crippen LogP contribution in [0.15, 0.2) is 23.3 Å². The fourth-order valence-corrected chi connectivity index (χ4v) is 2.72. The topological polar surface area (TPSA) is 65.2 Å². The third kappa shape index (κ3) is 1.36. The van der Waals surface area contributed by atoms with Crippen molar-refractivity contribution in [2.24, 2.45) is 10.5 Å². The van der Waals surface area contributed by atoms with Crippen LogP contribution >= 0.6 is 0 Å². The Morgan fingerprint density at radius 2 is 2.29 bits per heavy atom. The summed E-state index contributed by atoms with van der Waals surface area (Å²) in [5, 5.41) is 13.1.